The summed E-state index contributed by atoms with van der Waals surface area (Å²) >= 11 is 0. The molecule has 124 valence electrons. The van der Waals surface area contributed by atoms with E-state index in [9.17, 15) is 4.79 Å². The average Bonchev–Trinajstić information content (AvgIpc) is 2.61. The van der Waals surface area contributed by atoms with Crippen LogP contribution in [0.3, 0.4) is 0 Å². The maximum absolute atomic E-state index is 12.0. The summed E-state index contributed by atoms with van der Waals surface area (Å²) in [5, 5.41) is 0. The molecule has 0 aromatic heterocycles. The van der Waals surface area contributed by atoms with Crippen LogP contribution in [0.2, 0.25) is 0 Å². The second-order valence-corrected chi connectivity index (χ2v) is 5.89. The van der Waals surface area contributed by atoms with Crippen molar-refractivity contribution in [1.82, 2.24) is 0 Å². The van der Waals surface area contributed by atoms with Crippen molar-refractivity contribution in [3.05, 3.63) is 65.2 Å². The second-order valence-electron chi connectivity index (χ2n) is 5.89. The molecule has 2 aromatic carbocycles. The van der Waals surface area contributed by atoms with Crippen molar-refractivity contribution < 1.29 is 14.3 Å². The molecule has 3 heteroatoms. The molecule has 1 aliphatic carbocycles. The Morgan fingerprint density at radius 1 is 1.00 bits per heavy atom. The topological polar surface area (TPSA) is 35.5 Å². The van der Waals surface area contributed by atoms with Gasteiger partial charge in [0.2, 0.25) is 0 Å². The summed E-state index contributed by atoms with van der Waals surface area (Å²) in [7, 11) is 0. The molecular weight excluding hydrogens is 300 g/mol. The fraction of sp³-hybridized carbons (Fsp3) is 0.286. The third kappa shape index (κ3) is 4.25. The second kappa shape index (κ2) is 7.82. The van der Waals surface area contributed by atoms with Crippen molar-refractivity contribution in [2.45, 2.75) is 32.6 Å². The van der Waals surface area contributed by atoms with E-state index in [0.29, 0.717) is 12.4 Å². The number of hydrogen-bond donors (Lipinski definition) is 0. The number of esters is 1. The Morgan fingerprint density at radius 3 is 2.46 bits per heavy atom. The van der Waals surface area contributed by atoms with Crippen molar-refractivity contribution >= 4 is 12.0 Å². The van der Waals surface area contributed by atoms with Crippen molar-refractivity contribution in [2.24, 2.45) is 0 Å². The molecule has 0 radical (unpaired) electrons. The first kappa shape index (κ1) is 16.3. The molecular formula is C21H22O3. The van der Waals surface area contributed by atoms with E-state index in [0.717, 1.165) is 24.2 Å². The zero-order valence-corrected chi connectivity index (χ0v) is 14.0. The lowest BCUT2D eigenvalue weighted by molar-refractivity contribution is -0.128. The van der Waals surface area contributed by atoms with Crippen molar-refractivity contribution in [2.75, 3.05) is 6.61 Å². The van der Waals surface area contributed by atoms with Gasteiger partial charge in [-0.05, 0) is 79.6 Å². The highest BCUT2D eigenvalue weighted by Gasteiger charge is 2.10. The van der Waals surface area contributed by atoms with Crippen LogP contribution in [0.1, 0.15) is 36.5 Å². The molecule has 0 heterocycles. The van der Waals surface area contributed by atoms with E-state index in [1.54, 1.807) is 6.08 Å². The quantitative estimate of drug-likeness (QED) is 0.459. The molecule has 0 atom stereocenters. The minimum atomic E-state index is -0.361. The highest BCUT2D eigenvalue weighted by Crippen LogP contribution is 2.25. The van der Waals surface area contributed by atoms with Crippen LogP contribution in [0, 0.1) is 0 Å². The summed E-state index contributed by atoms with van der Waals surface area (Å²) in [4.78, 5) is 12.0. The van der Waals surface area contributed by atoms with Gasteiger partial charge in [0.05, 0.1) is 6.61 Å². The van der Waals surface area contributed by atoms with Gasteiger partial charge in [-0.25, -0.2) is 4.79 Å². The molecule has 1 aliphatic rings. The first-order valence-electron chi connectivity index (χ1n) is 8.49. The normalized spacial score (nSPS) is 13.5. The van der Waals surface area contributed by atoms with Crippen LogP contribution < -0.4 is 9.47 Å². The summed E-state index contributed by atoms with van der Waals surface area (Å²) in [6, 6.07) is 13.6. The highest BCUT2D eigenvalue weighted by atomic mass is 16.5. The molecule has 0 bridgehead atoms. The first-order chi connectivity index (χ1) is 11.7. The Bertz CT molecular complexity index is 729. The Labute approximate surface area is 142 Å². The fourth-order valence-electron chi connectivity index (χ4n) is 2.93. The minimum absolute atomic E-state index is 0.361. The number of carbonyl (C=O) groups is 1. The minimum Gasteiger partial charge on any atom is -0.494 e. The van der Waals surface area contributed by atoms with Crippen LogP contribution in [0.5, 0.6) is 11.5 Å². The standard InChI is InChI=1S/C21H22O3/c1-2-23-19-11-7-16(8-12-19)9-14-21(22)24-20-13-10-17-5-3-4-6-18(17)15-20/h7-15H,2-6H2,1H3/b14-9+. The number of aryl methyl sites for hydroxylation is 2. The van der Waals surface area contributed by atoms with Crippen LogP contribution in [0.4, 0.5) is 0 Å². The van der Waals surface area contributed by atoms with Gasteiger partial charge in [0, 0.05) is 6.08 Å². The van der Waals surface area contributed by atoms with Crippen LogP contribution in [0.15, 0.2) is 48.5 Å². The molecule has 0 saturated carbocycles. The molecule has 0 saturated heterocycles. The van der Waals surface area contributed by atoms with E-state index < -0.39 is 0 Å². The van der Waals surface area contributed by atoms with Gasteiger partial charge in [-0.3, -0.25) is 0 Å². The summed E-state index contributed by atoms with van der Waals surface area (Å²) in [6.07, 6.45) is 7.86. The van der Waals surface area contributed by atoms with Gasteiger partial charge >= 0.3 is 5.97 Å². The average molecular weight is 322 g/mol. The predicted octanol–water partition coefficient (Wildman–Crippen LogP) is 4.58. The number of rotatable bonds is 5. The van der Waals surface area contributed by atoms with Crippen molar-refractivity contribution in [3.63, 3.8) is 0 Å². The molecule has 0 unspecified atom stereocenters. The van der Waals surface area contributed by atoms with Crippen molar-refractivity contribution in [3.8, 4) is 11.5 Å². The Hall–Kier alpha value is -2.55. The number of ether oxygens (including phenoxy) is 2. The Balaban J connectivity index is 1.60. The molecule has 0 amide bonds. The van der Waals surface area contributed by atoms with Crippen LogP contribution in [0.25, 0.3) is 6.08 Å². The Kier molecular flexibility index (Phi) is 5.32. The van der Waals surface area contributed by atoms with Gasteiger partial charge < -0.3 is 9.47 Å². The number of carbonyl (C=O) groups excluding carboxylic acids is 1. The van der Waals surface area contributed by atoms with Crippen molar-refractivity contribution in [1.29, 1.82) is 0 Å². The zero-order valence-electron chi connectivity index (χ0n) is 14.0. The third-order valence-electron chi connectivity index (χ3n) is 4.14. The first-order valence-corrected chi connectivity index (χ1v) is 8.49. The SMILES string of the molecule is CCOc1ccc(/C=C/C(=O)Oc2ccc3c(c2)CCCC3)cc1. The summed E-state index contributed by atoms with van der Waals surface area (Å²) in [5.74, 6) is 1.09. The number of benzene rings is 2. The number of fused-ring (bicyclic) bond motifs is 1. The summed E-state index contributed by atoms with van der Waals surface area (Å²) < 4.78 is 10.8. The third-order valence-corrected chi connectivity index (χ3v) is 4.14. The lowest BCUT2D eigenvalue weighted by atomic mass is 9.92. The van der Waals surface area contributed by atoms with Crippen LogP contribution in [-0.2, 0) is 17.6 Å². The molecule has 24 heavy (non-hydrogen) atoms. The lowest BCUT2D eigenvalue weighted by Gasteiger charge is -2.16. The van der Waals surface area contributed by atoms with E-state index in [1.807, 2.05) is 43.3 Å². The Morgan fingerprint density at radius 2 is 1.71 bits per heavy atom. The van der Waals surface area contributed by atoms with Gasteiger partial charge in [0.1, 0.15) is 11.5 Å². The largest absolute Gasteiger partial charge is 0.494 e. The van der Waals surface area contributed by atoms with E-state index in [-0.39, 0.29) is 5.97 Å². The lowest BCUT2D eigenvalue weighted by Crippen LogP contribution is -2.06. The zero-order chi connectivity index (χ0) is 16.8. The summed E-state index contributed by atoms with van der Waals surface area (Å²) in [6.45, 7) is 2.59. The molecule has 2 aromatic rings. The monoisotopic (exact) mass is 322 g/mol. The molecule has 0 N–H and O–H groups in total. The molecule has 0 aliphatic heterocycles. The van der Waals surface area contributed by atoms with Gasteiger partial charge in [-0.15, -0.1) is 0 Å². The molecule has 0 spiro atoms. The molecule has 3 rings (SSSR count). The van der Waals surface area contributed by atoms with Gasteiger partial charge in [0.15, 0.2) is 0 Å². The smallest absolute Gasteiger partial charge is 0.336 e. The van der Waals surface area contributed by atoms with E-state index in [1.165, 1.54) is 30.0 Å². The fourth-order valence-corrected chi connectivity index (χ4v) is 2.93. The maximum atomic E-state index is 12.0. The maximum Gasteiger partial charge on any atom is 0.336 e. The van der Waals surface area contributed by atoms with E-state index >= 15 is 0 Å². The van der Waals surface area contributed by atoms with Crippen LogP contribution >= 0.6 is 0 Å². The molecule has 0 fully saturated rings. The summed E-state index contributed by atoms with van der Waals surface area (Å²) in [5.41, 5.74) is 3.62. The van der Waals surface area contributed by atoms with Gasteiger partial charge in [-0.2, -0.15) is 0 Å². The number of hydrogen-bond acceptors (Lipinski definition) is 3. The van der Waals surface area contributed by atoms with E-state index in [2.05, 4.69) is 6.07 Å². The van der Waals surface area contributed by atoms with Crippen LogP contribution in [-0.4, -0.2) is 12.6 Å². The highest BCUT2D eigenvalue weighted by molar-refractivity contribution is 5.88. The van der Waals surface area contributed by atoms with Gasteiger partial charge in [0.25, 0.3) is 0 Å². The van der Waals surface area contributed by atoms with Gasteiger partial charge in [-0.1, -0.05) is 18.2 Å². The molecule has 3 nitrogen and oxygen atoms in total. The van der Waals surface area contributed by atoms with E-state index in [4.69, 9.17) is 9.47 Å². The predicted molar refractivity (Wildman–Crippen MR) is 95.4 cm³/mol.